The standard InChI is InChI=1S/C10H13BrN2O/c11-9-3-10(6-12-5-9)13-4-8-1-2-14-7-8/h3,5-6,8,13H,1-2,4,7H2/t8-/m1/s1. The van der Waals surface area contributed by atoms with Crippen LogP contribution in [0.5, 0.6) is 0 Å². The number of aromatic nitrogens is 1. The van der Waals surface area contributed by atoms with E-state index in [0.29, 0.717) is 5.92 Å². The van der Waals surface area contributed by atoms with E-state index in [1.807, 2.05) is 12.3 Å². The van der Waals surface area contributed by atoms with E-state index in [1.54, 1.807) is 6.20 Å². The first-order valence-electron chi connectivity index (χ1n) is 4.77. The van der Waals surface area contributed by atoms with E-state index in [2.05, 4.69) is 26.2 Å². The molecule has 0 bridgehead atoms. The average Bonchev–Trinajstić information content (AvgIpc) is 2.67. The van der Waals surface area contributed by atoms with Gasteiger partial charge in [-0.05, 0) is 28.4 Å². The quantitative estimate of drug-likeness (QED) is 0.902. The van der Waals surface area contributed by atoms with E-state index >= 15 is 0 Å². The molecular formula is C10H13BrN2O. The van der Waals surface area contributed by atoms with E-state index < -0.39 is 0 Å². The van der Waals surface area contributed by atoms with Crippen LogP contribution >= 0.6 is 15.9 Å². The largest absolute Gasteiger partial charge is 0.383 e. The maximum Gasteiger partial charge on any atom is 0.0538 e. The predicted octanol–water partition coefficient (Wildman–Crippen LogP) is 2.29. The van der Waals surface area contributed by atoms with Crippen molar-refractivity contribution in [3.63, 3.8) is 0 Å². The fourth-order valence-electron chi connectivity index (χ4n) is 1.52. The smallest absolute Gasteiger partial charge is 0.0538 e. The first-order chi connectivity index (χ1) is 6.84. The molecule has 2 heterocycles. The molecule has 1 aromatic rings. The van der Waals surface area contributed by atoms with Crippen molar-refractivity contribution in [2.75, 3.05) is 25.1 Å². The highest BCUT2D eigenvalue weighted by molar-refractivity contribution is 9.10. The Morgan fingerprint density at radius 1 is 1.57 bits per heavy atom. The second-order valence-electron chi connectivity index (χ2n) is 3.50. The molecule has 0 unspecified atom stereocenters. The molecule has 0 aliphatic carbocycles. The van der Waals surface area contributed by atoms with Gasteiger partial charge < -0.3 is 10.1 Å². The van der Waals surface area contributed by atoms with Crippen LogP contribution in [-0.4, -0.2) is 24.7 Å². The zero-order valence-corrected chi connectivity index (χ0v) is 9.46. The van der Waals surface area contributed by atoms with Crippen LogP contribution in [0.15, 0.2) is 22.9 Å². The molecule has 0 amide bonds. The molecule has 4 heteroatoms. The molecule has 0 radical (unpaired) electrons. The molecule has 14 heavy (non-hydrogen) atoms. The van der Waals surface area contributed by atoms with Crippen molar-refractivity contribution in [2.24, 2.45) is 5.92 Å². The number of nitrogens with zero attached hydrogens (tertiary/aromatic N) is 1. The maximum absolute atomic E-state index is 5.30. The van der Waals surface area contributed by atoms with Crippen molar-refractivity contribution in [3.8, 4) is 0 Å². The van der Waals surface area contributed by atoms with E-state index in [0.717, 1.165) is 36.3 Å². The number of pyridine rings is 1. The third-order valence-corrected chi connectivity index (χ3v) is 2.76. The Hall–Kier alpha value is -0.610. The zero-order valence-electron chi connectivity index (χ0n) is 7.87. The lowest BCUT2D eigenvalue weighted by Gasteiger charge is -2.10. The second kappa shape index (κ2) is 4.75. The van der Waals surface area contributed by atoms with Crippen LogP contribution in [0.2, 0.25) is 0 Å². The molecule has 1 fully saturated rings. The normalized spacial score (nSPS) is 21.1. The molecule has 1 aliphatic rings. The van der Waals surface area contributed by atoms with Gasteiger partial charge >= 0.3 is 0 Å². The Kier molecular flexibility index (Phi) is 3.37. The topological polar surface area (TPSA) is 34.2 Å². The lowest BCUT2D eigenvalue weighted by Crippen LogP contribution is -2.14. The van der Waals surface area contributed by atoms with Gasteiger partial charge in [0.25, 0.3) is 0 Å². The van der Waals surface area contributed by atoms with Crippen LogP contribution in [0, 0.1) is 5.92 Å². The average molecular weight is 257 g/mol. The summed E-state index contributed by atoms with van der Waals surface area (Å²) in [5.41, 5.74) is 1.06. The zero-order chi connectivity index (χ0) is 9.80. The lowest BCUT2D eigenvalue weighted by atomic mass is 10.1. The van der Waals surface area contributed by atoms with Gasteiger partial charge in [0, 0.05) is 29.7 Å². The van der Waals surface area contributed by atoms with Crippen LogP contribution in [0.25, 0.3) is 0 Å². The van der Waals surface area contributed by atoms with Crippen LogP contribution in [0.1, 0.15) is 6.42 Å². The van der Waals surface area contributed by atoms with Gasteiger partial charge in [0.2, 0.25) is 0 Å². The van der Waals surface area contributed by atoms with E-state index in [-0.39, 0.29) is 0 Å². The highest BCUT2D eigenvalue weighted by Crippen LogP contribution is 2.16. The van der Waals surface area contributed by atoms with Gasteiger partial charge in [-0.25, -0.2) is 0 Å². The minimum Gasteiger partial charge on any atom is -0.383 e. The number of hydrogen-bond donors (Lipinski definition) is 1. The van der Waals surface area contributed by atoms with Crippen molar-refractivity contribution in [1.82, 2.24) is 4.98 Å². The fraction of sp³-hybridized carbons (Fsp3) is 0.500. The molecule has 0 spiro atoms. The summed E-state index contributed by atoms with van der Waals surface area (Å²) in [5.74, 6) is 0.647. The summed E-state index contributed by atoms with van der Waals surface area (Å²) < 4.78 is 6.31. The minimum atomic E-state index is 0.647. The van der Waals surface area contributed by atoms with E-state index in [9.17, 15) is 0 Å². The molecular weight excluding hydrogens is 244 g/mol. The van der Waals surface area contributed by atoms with E-state index in [1.165, 1.54) is 0 Å². The molecule has 1 N–H and O–H groups in total. The molecule has 0 saturated carbocycles. The van der Waals surface area contributed by atoms with Crippen molar-refractivity contribution in [3.05, 3.63) is 22.9 Å². The minimum absolute atomic E-state index is 0.647. The third kappa shape index (κ3) is 2.69. The molecule has 1 aromatic heterocycles. The Labute approximate surface area is 92.0 Å². The van der Waals surface area contributed by atoms with Crippen LogP contribution in [0.4, 0.5) is 5.69 Å². The molecule has 1 atom stereocenters. The second-order valence-corrected chi connectivity index (χ2v) is 4.42. The number of hydrogen-bond acceptors (Lipinski definition) is 3. The van der Waals surface area contributed by atoms with Gasteiger partial charge in [-0.15, -0.1) is 0 Å². The van der Waals surface area contributed by atoms with Gasteiger partial charge in [0.05, 0.1) is 18.5 Å². The molecule has 76 valence electrons. The Morgan fingerprint density at radius 2 is 2.50 bits per heavy atom. The highest BCUT2D eigenvalue weighted by atomic mass is 79.9. The third-order valence-electron chi connectivity index (χ3n) is 2.32. The number of rotatable bonds is 3. The van der Waals surface area contributed by atoms with Crippen molar-refractivity contribution >= 4 is 21.6 Å². The Morgan fingerprint density at radius 3 is 3.21 bits per heavy atom. The summed E-state index contributed by atoms with van der Waals surface area (Å²) in [5, 5.41) is 3.35. The lowest BCUT2D eigenvalue weighted by molar-refractivity contribution is 0.187. The summed E-state index contributed by atoms with van der Waals surface area (Å²) in [7, 11) is 0. The first-order valence-corrected chi connectivity index (χ1v) is 5.56. The summed E-state index contributed by atoms with van der Waals surface area (Å²) in [6.07, 6.45) is 4.78. The Bertz CT molecular complexity index is 300. The fourth-order valence-corrected chi connectivity index (χ4v) is 1.88. The summed E-state index contributed by atoms with van der Waals surface area (Å²) >= 11 is 3.39. The molecule has 1 aliphatic heterocycles. The molecule has 2 rings (SSSR count). The van der Waals surface area contributed by atoms with Crippen LogP contribution < -0.4 is 5.32 Å². The maximum atomic E-state index is 5.30. The van der Waals surface area contributed by atoms with Gasteiger partial charge in [-0.3, -0.25) is 4.98 Å². The van der Waals surface area contributed by atoms with Gasteiger partial charge in [0.1, 0.15) is 0 Å². The van der Waals surface area contributed by atoms with Gasteiger partial charge in [0.15, 0.2) is 0 Å². The Balaban J connectivity index is 1.85. The number of halogens is 1. The molecule has 1 saturated heterocycles. The first kappa shape index (κ1) is 9.93. The van der Waals surface area contributed by atoms with Crippen molar-refractivity contribution < 1.29 is 4.74 Å². The van der Waals surface area contributed by atoms with Gasteiger partial charge in [-0.2, -0.15) is 0 Å². The monoisotopic (exact) mass is 256 g/mol. The summed E-state index contributed by atoms with van der Waals surface area (Å²) in [6.45, 7) is 2.76. The predicted molar refractivity (Wildman–Crippen MR) is 59.4 cm³/mol. The van der Waals surface area contributed by atoms with Crippen molar-refractivity contribution in [2.45, 2.75) is 6.42 Å². The number of anilines is 1. The summed E-state index contributed by atoms with van der Waals surface area (Å²) in [4.78, 5) is 4.09. The van der Waals surface area contributed by atoms with Crippen molar-refractivity contribution in [1.29, 1.82) is 0 Å². The highest BCUT2D eigenvalue weighted by Gasteiger charge is 2.14. The number of nitrogens with one attached hydrogen (secondary N) is 1. The molecule has 3 nitrogen and oxygen atoms in total. The van der Waals surface area contributed by atoms with Crippen LogP contribution in [-0.2, 0) is 4.74 Å². The number of ether oxygens (including phenoxy) is 1. The van der Waals surface area contributed by atoms with E-state index in [4.69, 9.17) is 4.74 Å². The summed E-state index contributed by atoms with van der Waals surface area (Å²) in [6, 6.07) is 2.03. The molecule has 0 aromatic carbocycles. The SMILES string of the molecule is Brc1cncc(NC[C@H]2CCOC2)c1. The van der Waals surface area contributed by atoms with Crippen LogP contribution in [0.3, 0.4) is 0 Å². The van der Waals surface area contributed by atoms with Gasteiger partial charge in [-0.1, -0.05) is 0 Å².